The number of aromatic hydroxyl groups is 1. The van der Waals surface area contributed by atoms with Crippen molar-refractivity contribution in [1.82, 2.24) is 5.32 Å². The van der Waals surface area contributed by atoms with Gasteiger partial charge >= 0.3 is 0 Å². The van der Waals surface area contributed by atoms with E-state index >= 15 is 0 Å². The number of aliphatic hydroxyl groups is 2. The van der Waals surface area contributed by atoms with E-state index < -0.39 is 6.10 Å². The zero-order valence-electron chi connectivity index (χ0n) is 17.4. The normalized spacial score (nSPS) is 13.3. The molecule has 0 radical (unpaired) electrons. The second-order valence-corrected chi connectivity index (χ2v) is 7.57. The first-order chi connectivity index (χ1) is 14.1. The van der Waals surface area contributed by atoms with E-state index in [0.29, 0.717) is 23.7 Å². The number of hydrogen-bond donors (Lipinski definition) is 4. The highest BCUT2D eigenvalue weighted by Gasteiger charge is 2.11. The Morgan fingerprint density at radius 2 is 1.76 bits per heavy atom. The lowest BCUT2D eigenvalue weighted by atomic mass is 10.0. The zero-order valence-corrected chi connectivity index (χ0v) is 17.4. The van der Waals surface area contributed by atoms with E-state index in [1.807, 2.05) is 6.07 Å². The summed E-state index contributed by atoms with van der Waals surface area (Å²) in [6.45, 7) is 3.90. The van der Waals surface area contributed by atoms with Gasteiger partial charge in [-0.1, -0.05) is 36.4 Å². The molecule has 0 amide bonds. The van der Waals surface area contributed by atoms with Gasteiger partial charge in [0.05, 0.1) is 12.7 Å². The van der Waals surface area contributed by atoms with Crippen molar-refractivity contribution >= 4 is 0 Å². The zero-order chi connectivity index (χ0) is 20.9. The summed E-state index contributed by atoms with van der Waals surface area (Å²) in [6, 6.07) is 15.6. The van der Waals surface area contributed by atoms with Crippen molar-refractivity contribution in [1.29, 1.82) is 0 Å². The van der Waals surface area contributed by atoms with E-state index in [9.17, 15) is 15.3 Å². The molecule has 0 spiro atoms. The molecular formula is C24H35NO4. The van der Waals surface area contributed by atoms with E-state index in [1.54, 1.807) is 12.1 Å². The molecule has 2 unspecified atom stereocenters. The lowest BCUT2D eigenvalue weighted by Gasteiger charge is -2.18. The summed E-state index contributed by atoms with van der Waals surface area (Å²) in [4.78, 5) is 0. The molecule has 0 saturated carbocycles. The summed E-state index contributed by atoms with van der Waals surface area (Å²) in [5, 5.41) is 32.5. The molecule has 0 aromatic heterocycles. The van der Waals surface area contributed by atoms with E-state index in [2.05, 4.69) is 36.5 Å². The molecule has 2 aromatic rings. The number of ether oxygens (including phenoxy) is 1. The van der Waals surface area contributed by atoms with Crippen molar-refractivity contribution in [3.63, 3.8) is 0 Å². The highest BCUT2D eigenvalue weighted by molar-refractivity contribution is 5.36. The van der Waals surface area contributed by atoms with Gasteiger partial charge in [-0.3, -0.25) is 0 Å². The van der Waals surface area contributed by atoms with Crippen molar-refractivity contribution in [2.24, 2.45) is 0 Å². The van der Waals surface area contributed by atoms with E-state index in [0.717, 1.165) is 45.3 Å². The molecule has 0 aliphatic heterocycles. The lowest BCUT2D eigenvalue weighted by Crippen LogP contribution is -2.30. The van der Waals surface area contributed by atoms with Crippen LogP contribution in [0.25, 0.3) is 0 Å². The quantitative estimate of drug-likeness (QED) is 0.363. The molecule has 0 aliphatic rings. The van der Waals surface area contributed by atoms with Gasteiger partial charge in [0.2, 0.25) is 0 Å². The van der Waals surface area contributed by atoms with E-state index in [4.69, 9.17) is 4.74 Å². The van der Waals surface area contributed by atoms with Crippen LogP contribution in [-0.2, 0) is 17.8 Å². The van der Waals surface area contributed by atoms with Crippen LogP contribution in [0.2, 0.25) is 0 Å². The summed E-state index contributed by atoms with van der Waals surface area (Å²) in [7, 11) is 0. The first kappa shape index (κ1) is 23.4. The molecule has 160 valence electrons. The first-order valence-corrected chi connectivity index (χ1v) is 10.6. The van der Waals surface area contributed by atoms with Gasteiger partial charge in [-0.15, -0.1) is 0 Å². The Hall–Kier alpha value is -1.92. The number of phenols is 1. The summed E-state index contributed by atoms with van der Waals surface area (Å²) >= 11 is 0. The predicted octanol–water partition coefficient (Wildman–Crippen LogP) is 3.72. The number of benzene rings is 2. The molecule has 0 heterocycles. The molecule has 5 heteroatoms. The van der Waals surface area contributed by atoms with Crippen molar-refractivity contribution in [2.75, 3.05) is 19.8 Å². The van der Waals surface area contributed by atoms with Gasteiger partial charge in [-0.05, 0) is 62.3 Å². The summed E-state index contributed by atoms with van der Waals surface area (Å²) in [6.07, 6.45) is 4.59. The first-order valence-electron chi connectivity index (χ1n) is 10.6. The van der Waals surface area contributed by atoms with Crippen LogP contribution in [0.5, 0.6) is 5.75 Å². The second kappa shape index (κ2) is 13.3. The van der Waals surface area contributed by atoms with Crippen molar-refractivity contribution in [3.8, 4) is 5.75 Å². The molecular weight excluding hydrogens is 366 g/mol. The van der Waals surface area contributed by atoms with Crippen LogP contribution in [-0.4, -0.2) is 41.1 Å². The molecule has 4 N–H and O–H groups in total. The number of nitrogens with one attached hydrogen (secondary N) is 1. The van der Waals surface area contributed by atoms with Gasteiger partial charge < -0.3 is 25.4 Å². The maximum absolute atomic E-state index is 10.3. The Bertz CT molecular complexity index is 693. The molecule has 5 nitrogen and oxygen atoms in total. The Morgan fingerprint density at radius 1 is 1.00 bits per heavy atom. The summed E-state index contributed by atoms with van der Waals surface area (Å²) in [5.41, 5.74) is 2.48. The smallest absolute Gasteiger partial charge is 0.121 e. The number of rotatable bonds is 14. The molecule has 0 saturated heterocycles. The minimum absolute atomic E-state index is 0.0482. The Balaban J connectivity index is 1.50. The Morgan fingerprint density at radius 3 is 2.52 bits per heavy atom. The molecule has 2 aromatic carbocycles. The largest absolute Gasteiger partial charge is 0.508 e. The summed E-state index contributed by atoms with van der Waals surface area (Å²) in [5.74, 6) is 0.0482. The molecule has 2 atom stereocenters. The van der Waals surface area contributed by atoms with Gasteiger partial charge in [0.1, 0.15) is 5.75 Å². The Labute approximate surface area is 174 Å². The Kier molecular flexibility index (Phi) is 10.7. The maximum atomic E-state index is 10.3. The molecule has 0 fully saturated rings. The minimum Gasteiger partial charge on any atom is -0.508 e. The third kappa shape index (κ3) is 8.96. The van der Waals surface area contributed by atoms with Crippen molar-refractivity contribution in [2.45, 2.75) is 57.8 Å². The topological polar surface area (TPSA) is 82.0 Å². The maximum Gasteiger partial charge on any atom is 0.121 e. The number of hydrogen-bond acceptors (Lipinski definition) is 5. The molecule has 29 heavy (non-hydrogen) atoms. The van der Waals surface area contributed by atoms with Crippen LogP contribution >= 0.6 is 0 Å². The molecule has 0 bridgehead atoms. The minimum atomic E-state index is -0.670. The fourth-order valence-electron chi connectivity index (χ4n) is 3.25. The third-order valence-electron chi connectivity index (χ3n) is 5.09. The number of aliphatic hydroxyl groups excluding tert-OH is 2. The number of unbranched alkanes of at least 4 members (excludes halogenated alkanes) is 1. The van der Waals surface area contributed by atoms with Gasteiger partial charge in [-0.2, -0.15) is 0 Å². The van der Waals surface area contributed by atoms with Crippen molar-refractivity contribution < 1.29 is 20.1 Å². The van der Waals surface area contributed by atoms with Crippen LogP contribution in [0, 0.1) is 0 Å². The third-order valence-corrected chi connectivity index (χ3v) is 5.09. The van der Waals surface area contributed by atoms with Crippen LogP contribution in [0.1, 0.15) is 55.4 Å². The van der Waals surface area contributed by atoms with Gasteiger partial charge in [0.15, 0.2) is 0 Å². The van der Waals surface area contributed by atoms with Crippen molar-refractivity contribution in [3.05, 3.63) is 65.2 Å². The van der Waals surface area contributed by atoms with E-state index in [-0.39, 0.29) is 12.4 Å². The standard InChI is InChI=1S/C24H35NO4/c1-19(25-17-24(28)21-12-13-23(27)22(16-21)18-26)8-5-6-14-29-15-7-11-20-9-3-2-4-10-20/h2-4,9-10,12-13,16,19,24-28H,5-8,11,14-15,17-18H2,1H3. The molecule has 0 aliphatic carbocycles. The monoisotopic (exact) mass is 401 g/mol. The SMILES string of the molecule is CC(CCCCOCCCc1ccccc1)NCC(O)c1ccc(O)c(CO)c1. The fraction of sp³-hybridized carbons (Fsp3) is 0.500. The average molecular weight is 402 g/mol. The second-order valence-electron chi connectivity index (χ2n) is 7.57. The lowest BCUT2D eigenvalue weighted by molar-refractivity contribution is 0.127. The van der Waals surface area contributed by atoms with Crippen LogP contribution in [0.4, 0.5) is 0 Å². The predicted molar refractivity (Wildman–Crippen MR) is 116 cm³/mol. The van der Waals surface area contributed by atoms with Crippen LogP contribution in [0.15, 0.2) is 48.5 Å². The van der Waals surface area contributed by atoms with Gasteiger partial charge in [0.25, 0.3) is 0 Å². The molecule has 2 rings (SSSR count). The van der Waals surface area contributed by atoms with Crippen LogP contribution in [0.3, 0.4) is 0 Å². The summed E-state index contributed by atoms with van der Waals surface area (Å²) < 4.78 is 5.72. The highest BCUT2D eigenvalue weighted by atomic mass is 16.5. The fourth-order valence-corrected chi connectivity index (χ4v) is 3.25. The van der Waals surface area contributed by atoms with Gasteiger partial charge in [-0.25, -0.2) is 0 Å². The highest BCUT2D eigenvalue weighted by Crippen LogP contribution is 2.22. The van der Waals surface area contributed by atoms with Gasteiger partial charge in [0, 0.05) is 31.4 Å². The number of aryl methyl sites for hydroxylation is 1. The van der Waals surface area contributed by atoms with Crippen LogP contribution < -0.4 is 5.32 Å². The average Bonchev–Trinajstić information content (AvgIpc) is 2.75. The van der Waals surface area contributed by atoms with E-state index in [1.165, 1.54) is 11.6 Å².